The number of hydrogen-bond acceptors (Lipinski definition) is 5. The second kappa shape index (κ2) is 5.35. The third-order valence-electron chi connectivity index (χ3n) is 2.60. The molecule has 0 atom stereocenters. The quantitative estimate of drug-likeness (QED) is 0.895. The number of methoxy groups -OCH3 is 2. The first-order valence-electron chi connectivity index (χ1n) is 5.52. The molecule has 1 N–H and O–H groups in total. The van der Waals surface area contributed by atoms with E-state index in [1.54, 1.807) is 21.3 Å². The van der Waals surface area contributed by atoms with Crippen molar-refractivity contribution in [2.45, 2.75) is 0 Å². The van der Waals surface area contributed by atoms with Gasteiger partial charge in [0.05, 0.1) is 19.9 Å². The van der Waals surface area contributed by atoms with Crippen molar-refractivity contribution in [3.63, 3.8) is 0 Å². The lowest BCUT2D eigenvalue weighted by atomic mass is 10.1. The van der Waals surface area contributed by atoms with Gasteiger partial charge in [-0.2, -0.15) is 0 Å². The van der Waals surface area contributed by atoms with E-state index in [9.17, 15) is 0 Å². The molecule has 0 spiro atoms. The van der Waals surface area contributed by atoms with Crippen LogP contribution in [0.25, 0.3) is 11.3 Å². The van der Waals surface area contributed by atoms with E-state index >= 15 is 0 Å². The van der Waals surface area contributed by atoms with Crippen LogP contribution in [0.4, 0.5) is 5.82 Å². The summed E-state index contributed by atoms with van der Waals surface area (Å²) in [5.41, 5.74) is 1.59. The van der Waals surface area contributed by atoms with Gasteiger partial charge in [0.1, 0.15) is 17.3 Å². The first-order chi connectivity index (χ1) is 8.78. The standard InChI is InChI=1S/C13H15N3O2/c1-14-13-7-5-11(15-16-13)10-8-9(17-2)4-6-12(10)18-3/h4-8H,1-3H3,(H,14,16). The molecule has 2 rings (SSSR count). The number of benzene rings is 1. The molecule has 0 aliphatic rings. The van der Waals surface area contributed by atoms with Crippen molar-refractivity contribution in [1.29, 1.82) is 0 Å². The van der Waals surface area contributed by atoms with Crippen molar-refractivity contribution in [3.8, 4) is 22.8 Å². The second-order valence-corrected chi connectivity index (χ2v) is 3.62. The van der Waals surface area contributed by atoms with Gasteiger partial charge in [-0.3, -0.25) is 0 Å². The maximum Gasteiger partial charge on any atom is 0.148 e. The van der Waals surface area contributed by atoms with Gasteiger partial charge < -0.3 is 14.8 Å². The summed E-state index contributed by atoms with van der Waals surface area (Å²) in [5.74, 6) is 2.22. The Balaban J connectivity index is 2.46. The van der Waals surface area contributed by atoms with Crippen LogP contribution < -0.4 is 14.8 Å². The largest absolute Gasteiger partial charge is 0.497 e. The van der Waals surface area contributed by atoms with Gasteiger partial charge in [-0.1, -0.05) is 0 Å². The summed E-state index contributed by atoms with van der Waals surface area (Å²) < 4.78 is 10.5. The van der Waals surface area contributed by atoms with Crippen molar-refractivity contribution in [2.75, 3.05) is 26.6 Å². The van der Waals surface area contributed by atoms with Gasteiger partial charge in [0.15, 0.2) is 0 Å². The Morgan fingerprint density at radius 2 is 1.83 bits per heavy atom. The van der Waals surface area contributed by atoms with Gasteiger partial charge in [0.2, 0.25) is 0 Å². The minimum absolute atomic E-state index is 0.723. The smallest absolute Gasteiger partial charge is 0.148 e. The summed E-state index contributed by atoms with van der Waals surface area (Å²) in [7, 11) is 5.05. The first-order valence-corrected chi connectivity index (χ1v) is 5.52. The van der Waals surface area contributed by atoms with Gasteiger partial charge in [-0.15, -0.1) is 10.2 Å². The fourth-order valence-electron chi connectivity index (χ4n) is 1.62. The highest BCUT2D eigenvalue weighted by atomic mass is 16.5. The molecule has 0 unspecified atom stereocenters. The van der Waals surface area contributed by atoms with Crippen LogP contribution in [0.5, 0.6) is 11.5 Å². The Labute approximate surface area is 106 Å². The molecule has 18 heavy (non-hydrogen) atoms. The first kappa shape index (κ1) is 12.2. The molecule has 5 heteroatoms. The average molecular weight is 245 g/mol. The third-order valence-corrected chi connectivity index (χ3v) is 2.60. The van der Waals surface area contributed by atoms with Gasteiger partial charge in [-0.25, -0.2) is 0 Å². The Morgan fingerprint density at radius 3 is 2.39 bits per heavy atom. The minimum atomic E-state index is 0.723. The van der Waals surface area contributed by atoms with Crippen molar-refractivity contribution in [2.24, 2.45) is 0 Å². The lowest BCUT2D eigenvalue weighted by molar-refractivity contribution is 0.404. The Kier molecular flexibility index (Phi) is 3.62. The van der Waals surface area contributed by atoms with Gasteiger partial charge in [0, 0.05) is 12.6 Å². The summed E-state index contributed by atoms with van der Waals surface area (Å²) in [6.07, 6.45) is 0. The summed E-state index contributed by atoms with van der Waals surface area (Å²) in [6.45, 7) is 0. The van der Waals surface area contributed by atoms with Crippen LogP contribution in [0.2, 0.25) is 0 Å². The summed E-state index contributed by atoms with van der Waals surface area (Å²) >= 11 is 0. The molecule has 1 heterocycles. The zero-order valence-electron chi connectivity index (χ0n) is 10.6. The third kappa shape index (κ3) is 2.34. The number of anilines is 1. The number of hydrogen-bond donors (Lipinski definition) is 1. The average Bonchev–Trinajstić information content (AvgIpc) is 2.46. The molecule has 0 saturated heterocycles. The maximum absolute atomic E-state index is 5.32. The molecule has 1 aromatic carbocycles. The molecule has 0 amide bonds. The van der Waals surface area contributed by atoms with Crippen LogP contribution in [-0.4, -0.2) is 31.5 Å². The van der Waals surface area contributed by atoms with Gasteiger partial charge in [-0.05, 0) is 30.3 Å². The number of nitrogens with one attached hydrogen (secondary N) is 1. The summed E-state index contributed by atoms with van der Waals surface area (Å²) in [5, 5.41) is 11.1. The highest BCUT2D eigenvalue weighted by Gasteiger charge is 2.09. The van der Waals surface area contributed by atoms with Crippen LogP contribution >= 0.6 is 0 Å². The van der Waals surface area contributed by atoms with Crippen LogP contribution in [0, 0.1) is 0 Å². The lowest BCUT2D eigenvalue weighted by Gasteiger charge is -2.09. The molecule has 2 aromatic rings. The van der Waals surface area contributed by atoms with Gasteiger partial charge in [0.25, 0.3) is 0 Å². The Bertz CT molecular complexity index is 526. The molecule has 0 fully saturated rings. The molecule has 94 valence electrons. The van der Waals surface area contributed by atoms with E-state index in [2.05, 4.69) is 15.5 Å². The molecule has 0 bridgehead atoms. The van der Waals surface area contributed by atoms with E-state index in [0.717, 1.165) is 28.6 Å². The fourth-order valence-corrected chi connectivity index (χ4v) is 1.62. The van der Waals surface area contributed by atoms with Crippen molar-refractivity contribution >= 4 is 5.82 Å². The monoisotopic (exact) mass is 245 g/mol. The Hall–Kier alpha value is -2.30. The zero-order valence-corrected chi connectivity index (χ0v) is 10.6. The maximum atomic E-state index is 5.32. The van der Waals surface area contributed by atoms with Crippen molar-refractivity contribution in [3.05, 3.63) is 30.3 Å². The number of nitrogens with zero attached hydrogens (tertiary/aromatic N) is 2. The summed E-state index contributed by atoms with van der Waals surface area (Å²) in [6, 6.07) is 9.32. The topological polar surface area (TPSA) is 56.3 Å². The van der Waals surface area contributed by atoms with E-state index in [1.807, 2.05) is 30.3 Å². The number of rotatable bonds is 4. The van der Waals surface area contributed by atoms with Gasteiger partial charge >= 0.3 is 0 Å². The second-order valence-electron chi connectivity index (χ2n) is 3.62. The molecule has 0 aliphatic heterocycles. The van der Waals surface area contributed by atoms with Crippen LogP contribution in [0.3, 0.4) is 0 Å². The molecule has 1 aromatic heterocycles. The zero-order chi connectivity index (χ0) is 13.0. The highest BCUT2D eigenvalue weighted by molar-refractivity contribution is 5.69. The van der Waals surface area contributed by atoms with Crippen molar-refractivity contribution in [1.82, 2.24) is 10.2 Å². The predicted molar refractivity (Wildman–Crippen MR) is 70.1 cm³/mol. The van der Waals surface area contributed by atoms with E-state index in [4.69, 9.17) is 9.47 Å². The molecular weight excluding hydrogens is 230 g/mol. The van der Waals surface area contributed by atoms with Crippen LogP contribution in [0.1, 0.15) is 0 Å². The minimum Gasteiger partial charge on any atom is -0.497 e. The normalized spacial score (nSPS) is 9.94. The van der Waals surface area contributed by atoms with E-state index in [0.29, 0.717) is 0 Å². The molecule has 5 nitrogen and oxygen atoms in total. The molecule has 0 radical (unpaired) electrons. The van der Waals surface area contributed by atoms with Crippen LogP contribution in [0.15, 0.2) is 30.3 Å². The summed E-state index contributed by atoms with van der Waals surface area (Å²) in [4.78, 5) is 0. The van der Waals surface area contributed by atoms with E-state index in [1.165, 1.54) is 0 Å². The van der Waals surface area contributed by atoms with E-state index < -0.39 is 0 Å². The lowest BCUT2D eigenvalue weighted by Crippen LogP contribution is -1.97. The molecule has 0 aliphatic carbocycles. The predicted octanol–water partition coefficient (Wildman–Crippen LogP) is 2.20. The molecule has 0 saturated carbocycles. The number of ether oxygens (including phenoxy) is 2. The molecular formula is C13H15N3O2. The van der Waals surface area contributed by atoms with Crippen LogP contribution in [-0.2, 0) is 0 Å². The highest BCUT2D eigenvalue weighted by Crippen LogP contribution is 2.32. The SMILES string of the molecule is CNc1ccc(-c2cc(OC)ccc2OC)nn1. The van der Waals surface area contributed by atoms with Crippen molar-refractivity contribution < 1.29 is 9.47 Å². The number of aromatic nitrogens is 2. The fraction of sp³-hybridized carbons (Fsp3) is 0.231. The van der Waals surface area contributed by atoms with E-state index in [-0.39, 0.29) is 0 Å². The Morgan fingerprint density at radius 1 is 1.00 bits per heavy atom.